The van der Waals surface area contributed by atoms with Crippen molar-refractivity contribution in [3.05, 3.63) is 181 Å². The molecule has 0 spiro atoms. The Bertz CT molecular complexity index is 3380. The van der Waals surface area contributed by atoms with E-state index in [2.05, 4.69) is 195 Å². The molecule has 0 amide bonds. The average molecular weight is 941 g/mol. The second-order valence-corrected chi connectivity index (χ2v) is 16.3. The van der Waals surface area contributed by atoms with Crippen LogP contribution >= 0.6 is 0 Å². The molecule has 11 rings (SSSR count). The summed E-state index contributed by atoms with van der Waals surface area (Å²) in [6, 6.07) is 59.9. The number of imidazole rings is 1. The summed E-state index contributed by atoms with van der Waals surface area (Å²) in [5.74, 6) is 1.72. The molecule has 0 atom stereocenters. The monoisotopic (exact) mass is 940 g/mol. The van der Waals surface area contributed by atoms with Crippen LogP contribution in [0, 0.1) is 13.0 Å². The summed E-state index contributed by atoms with van der Waals surface area (Å²) in [6.45, 7) is 9.01. The van der Waals surface area contributed by atoms with E-state index < -0.39 is 0 Å². The maximum Gasteiger partial charge on any atom is 2.00 e. The van der Waals surface area contributed by atoms with E-state index in [1.54, 1.807) is 0 Å². The summed E-state index contributed by atoms with van der Waals surface area (Å²) in [5.41, 5.74) is 14.8. The molecule has 4 aromatic heterocycles. The van der Waals surface area contributed by atoms with E-state index in [-0.39, 0.29) is 26.5 Å². The van der Waals surface area contributed by atoms with Crippen LogP contribution in [0.4, 0.5) is 0 Å². The molecule has 0 aliphatic heterocycles. The third-order valence-corrected chi connectivity index (χ3v) is 11.5. The first kappa shape index (κ1) is 36.8. The number of nitrogens with zero attached hydrogens (tertiary/aromatic N) is 5. The zero-order chi connectivity index (χ0) is 39.1. The Morgan fingerprint density at radius 1 is 0.593 bits per heavy atom. The number of rotatable bonds is 5. The minimum atomic E-state index is -0.102. The van der Waals surface area contributed by atoms with Crippen molar-refractivity contribution >= 4 is 54.6 Å². The summed E-state index contributed by atoms with van der Waals surface area (Å²) in [4.78, 5) is 15.6. The largest absolute Gasteiger partial charge is 2.00 e. The SMILES string of the molecule is Cc1ccnc(-n2c3[c-]c(-c4cccc5c4nc(-c4cccc6c4[n-]c4ccccc46)n5-c4ccccc4)ccc3c3cc(-c4ccccc4)c(C(C)(C)C)cc32)c1.[Pt+2]. The van der Waals surface area contributed by atoms with Crippen molar-refractivity contribution in [2.75, 3.05) is 0 Å². The van der Waals surface area contributed by atoms with Crippen LogP contribution in [0.3, 0.4) is 0 Å². The van der Waals surface area contributed by atoms with Crippen LogP contribution in [0.1, 0.15) is 31.9 Å². The van der Waals surface area contributed by atoms with Gasteiger partial charge in [0, 0.05) is 23.0 Å². The van der Waals surface area contributed by atoms with Gasteiger partial charge in [-0.25, -0.2) is 9.97 Å². The third-order valence-electron chi connectivity index (χ3n) is 11.5. The molecule has 0 fully saturated rings. The predicted octanol–water partition coefficient (Wildman–Crippen LogP) is 13.2. The van der Waals surface area contributed by atoms with E-state index in [4.69, 9.17) is 15.0 Å². The number of aromatic nitrogens is 5. The van der Waals surface area contributed by atoms with E-state index in [1.165, 1.54) is 22.1 Å². The van der Waals surface area contributed by atoms with Gasteiger partial charge < -0.3 is 9.55 Å². The van der Waals surface area contributed by atoms with Crippen molar-refractivity contribution in [1.82, 2.24) is 24.1 Å². The molecule has 0 radical (unpaired) electrons. The van der Waals surface area contributed by atoms with Gasteiger partial charge >= 0.3 is 21.1 Å². The van der Waals surface area contributed by atoms with E-state index in [0.29, 0.717) is 0 Å². The molecule has 7 aromatic carbocycles. The molecule has 59 heavy (non-hydrogen) atoms. The zero-order valence-corrected chi connectivity index (χ0v) is 35.4. The van der Waals surface area contributed by atoms with Crippen molar-refractivity contribution in [3.63, 3.8) is 0 Å². The summed E-state index contributed by atoms with van der Waals surface area (Å²) < 4.78 is 4.57. The second-order valence-electron chi connectivity index (χ2n) is 16.3. The van der Waals surface area contributed by atoms with Gasteiger partial charge in [-0.1, -0.05) is 141 Å². The van der Waals surface area contributed by atoms with Crippen molar-refractivity contribution < 1.29 is 21.1 Å². The van der Waals surface area contributed by atoms with Crippen LogP contribution < -0.4 is 4.98 Å². The molecular formula is C53H39N5Pt. The molecule has 0 saturated heterocycles. The van der Waals surface area contributed by atoms with E-state index in [1.807, 2.05) is 12.3 Å². The Labute approximate surface area is 357 Å². The van der Waals surface area contributed by atoms with Crippen LogP contribution in [0.15, 0.2) is 164 Å². The van der Waals surface area contributed by atoms with Crippen LogP contribution in [0.5, 0.6) is 0 Å². The fourth-order valence-corrected chi connectivity index (χ4v) is 8.82. The molecule has 4 heterocycles. The summed E-state index contributed by atoms with van der Waals surface area (Å²) in [5, 5.41) is 4.57. The number of pyridine rings is 1. The fraction of sp³-hybridized carbons (Fsp3) is 0.0943. The first-order valence-corrected chi connectivity index (χ1v) is 19.9. The summed E-state index contributed by atoms with van der Waals surface area (Å²) >= 11 is 0. The Morgan fingerprint density at radius 2 is 1.32 bits per heavy atom. The van der Waals surface area contributed by atoms with E-state index in [9.17, 15) is 0 Å². The standard InChI is InChI=1S/C53H39N5.Pt/c1-33-27-28-54-49(29-33)58-47-30-35(25-26-39(47)43-31-42(34-15-7-5-8-16-34)44(32-48(43)58)53(2,3)4)37-20-14-24-46-51(37)56-52(57(46)36-17-9-6-10-18-36)41-22-13-21-40-38-19-11-12-23-45(38)55-50(40)41;/h5-29,31-32H,1-4H3;/q-2;+2. The predicted molar refractivity (Wildman–Crippen MR) is 240 cm³/mol. The Kier molecular flexibility index (Phi) is 8.77. The number of para-hydroxylation sites is 4. The van der Waals surface area contributed by atoms with Gasteiger partial charge in [0.15, 0.2) is 0 Å². The van der Waals surface area contributed by atoms with Gasteiger partial charge in [-0.15, -0.1) is 34.8 Å². The molecule has 286 valence electrons. The molecule has 0 aliphatic rings. The van der Waals surface area contributed by atoms with Crippen molar-refractivity contribution in [2.24, 2.45) is 0 Å². The maximum atomic E-state index is 5.54. The number of aryl methyl sites for hydroxylation is 1. The summed E-state index contributed by atoms with van der Waals surface area (Å²) in [6.07, 6.45) is 1.90. The minimum absolute atomic E-state index is 0. The topological polar surface area (TPSA) is 49.7 Å². The van der Waals surface area contributed by atoms with Crippen LogP contribution in [-0.4, -0.2) is 19.1 Å². The quantitative estimate of drug-likeness (QED) is 0.162. The van der Waals surface area contributed by atoms with Gasteiger partial charge in [0.1, 0.15) is 11.6 Å². The molecule has 0 bridgehead atoms. The summed E-state index contributed by atoms with van der Waals surface area (Å²) in [7, 11) is 0. The maximum absolute atomic E-state index is 5.54. The Morgan fingerprint density at radius 3 is 2.12 bits per heavy atom. The first-order valence-electron chi connectivity index (χ1n) is 19.9. The number of hydrogen-bond acceptors (Lipinski definition) is 2. The van der Waals surface area contributed by atoms with Crippen LogP contribution in [-0.2, 0) is 26.5 Å². The molecule has 0 N–H and O–H groups in total. The van der Waals surface area contributed by atoms with Gasteiger partial charge in [0.25, 0.3) is 0 Å². The molecule has 11 aromatic rings. The smallest absolute Gasteiger partial charge is 0.656 e. The molecular weight excluding hydrogens is 902 g/mol. The van der Waals surface area contributed by atoms with Crippen LogP contribution in [0.2, 0.25) is 0 Å². The number of benzene rings is 7. The number of hydrogen-bond donors (Lipinski definition) is 0. The Balaban J connectivity index is 0.00000420. The Hall–Kier alpha value is -6.55. The minimum Gasteiger partial charge on any atom is -0.656 e. The van der Waals surface area contributed by atoms with E-state index >= 15 is 0 Å². The molecule has 0 unspecified atom stereocenters. The van der Waals surface area contributed by atoms with E-state index in [0.717, 1.165) is 88.8 Å². The first-order chi connectivity index (χ1) is 28.3. The molecule has 6 heteroatoms. The van der Waals surface area contributed by atoms with Crippen LogP contribution in [0.25, 0.3) is 99.8 Å². The van der Waals surface area contributed by atoms with Crippen molar-refractivity contribution in [2.45, 2.75) is 33.1 Å². The third kappa shape index (κ3) is 5.95. The molecule has 5 nitrogen and oxygen atoms in total. The van der Waals surface area contributed by atoms with Gasteiger partial charge in [-0.3, -0.25) is 4.57 Å². The normalized spacial score (nSPS) is 11.9. The average Bonchev–Trinajstić information content (AvgIpc) is 3.93. The zero-order valence-electron chi connectivity index (χ0n) is 33.1. The van der Waals surface area contributed by atoms with Gasteiger partial charge in [-0.2, -0.15) is 0 Å². The molecule has 0 saturated carbocycles. The van der Waals surface area contributed by atoms with Gasteiger partial charge in [-0.05, 0) is 92.7 Å². The van der Waals surface area contributed by atoms with Gasteiger partial charge in [0.2, 0.25) is 0 Å². The van der Waals surface area contributed by atoms with Crippen molar-refractivity contribution in [1.29, 1.82) is 0 Å². The molecule has 0 aliphatic carbocycles. The van der Waals surface area contributed by atoms with Gasteiger partial charge in [0.05, 0.1) is 11.0 Å². The fourth-order valence-electron chi connectivity index (χ4n) is 8.82. The number of fused-ring (bicyclic) bond motifs is 7. The van der Waals surface area contributed by atoms with Crippen molar-refractivity contribution in [3.8, 4) is 45.1 Å². The second kappa shape index (κ2) is 14.1.